The first kappa shape index (κ1) is 15.4. The Balaban J connectivity index is 2.18. The highest BCUT2D eigenvalue weighted by Gasteiger charge is 2.25. The van der Waals surface area contributed by atoms with Crippen LogP contribution in [-0.2, 0) is 0 Å². The minimum Gasteiger partial charge on any atom is -0.496 e. The lowest BCUT2D eigenvalue weighted by molar-refractivity contribution is 0.195. The molecular formula is C17H21N3O3. The third-order valence-corrected chi connectivity index (χ3v) is 4.31. The molecule has 1 amide bonds. The van der Waals surface area contributed by atoms with Gasteiger partial charge in [-0.25, -0.2) is 4.79 Å². The summed E-state index contributed by atoms with van der Waals surface area (Å²) in [5, 5.41) is 2.47. The van der Waals surface area contributed by atoms with Crippen molar-refractivity contribution in [3.8, 4) is 11.8 Å². The van der Waals surface area contributed by atoms with Crippen molar-refractivity contribution in [1.82, 2.24) is 14.9 Å². The molecule has 23 heavy (non-hydrogen) atoms. The highest BCUT2D eigenvalue weighted by Crippen LogP contribution is 2.38. The molecule has 1 saturated carbocycles. The van der Waals surface area contributed by atoms with E-state index < -0.39 is 6.09 Å². The van der Waals surface area contributed by atoms with Crippen LogP contribution in [0.4, 0.5) is 4.79 Å². The van der Waals surface area contributed by atoms with Crippen molar-refractivity contribution >= 4 is 23.2 Å². The van der Waals surface area contributed by atoms with E-state index in [4.69, 9.17) is 9.47 Å². The molecule has 0 spiro atoms. The van der Waals surface area contributed by atoms with E-state index >= 15 is 0 Å². The summed E-state index contributed by atoms with van der Waals surface area (Å²) >= 11 is 0. The third kappa shape index (κ3) is 2.76. The Morgan fingerprint density at radius 2 is 2.17 bits per heavy atom. The molecule has 6 nitrogen and oxygen atoms in total. The van der Waals surface area contributed by atoms with Crippen molar-refractivity contribution in [2.24, 2.45) is 0 Å². The van der Waals surface area contributed by atoms with Gasteiger partial charge in [-0.2, -0.15) is 4.98 Å². The van der Waals surface area contributed by atoms with Gasteiger partial charge in [0.1, 0.15) is 5.75 Å². The van der Waals surface area contributed by atoms with Crippen LogP contribution in [0.1, 0.15) is 37.3 Å². The minimum atomic E-state index is -0.518. The van der Waals surface area contributed by atoms with Crippen LogP contribution in [0.3, 0.4) is 0 Å². The monoisotopic (exact) mass is 315 g/mol. The average molecular weight is 315 g/mol. The summed E-state index contributed by atoms with van der Waals surface area (Å²) in [5.41, 5.74) is 2.55. The van der Waals surface area contributed by atoms with Crippen molar-refractivity contribution in [3.63, 3.8) is 0 Å². The Morgan fingerprint density at radius 1 is 1.43 bits per heavy atom. The number of ether oxygens (including phenoxy) is 2. The molecular weight excluding hydrogens is 294 g/mol. The zero-order valence-electron chi connectivity index (χ0n) is 13.5. The molecule has 2 aromatic rings. The first-order valence-electron chi connectivity index (χ1n) is 7.80. The maximum Gasteiger partial charge on any atom is 0.414 e. The van der Waals surface area contributed by atoms with E-state index in [0.29, 0.717) is 12.1 Å². The summed E-state index contributed by atoms with van der Waals surface area (Å²) < 4.78 is 12.8. The van der Waals surface area contributed by atoms with E-state index in [1.54, 1.807) is 13.2 Å². The third-order valence-electron chi connectivity index (χ3n) is 4.31. The van der Waals surface area contributed by atoms with Gasteiger partial charge in [0.25, 0.3) is 0 Å². The summed E-state index contributed by atoms with van der Waals surface area (Å²) in [6.45, 7) is 3.80. The van der Waals surface area contributed by atoms with Gasteiger partial charge in [0.05, 0.1) is 18.1 Å². The number of hydrogen-bond acceptors (Lipinski definition) is 4. The summed E-state index contributed by atoms with van der Waals surface area (Å²) in [5.74, 6) is 0.734. The van der Waals surface area contributed by atoms with Crippen LogP contribution >= 0.6 is 0 Å². The Labute approximate surface area is 135 Å². The number of imidazole rings is 1. The predicted molar refractivity (Wildman–Crippen MR) is 89.0 cm³/mol. The largest absolute Gasteiger partial charge is 0.496 e. The predicted octanol–water partition coefficient (Wildman–Crippen LogP) is 3.52. The van der Waals surface area contributed by atoms with Crippen molar-refractivity contribution < 1.29 is 14.3 Å². The minimum absolute atomic E-state index is 0.291. The first-order valence-corrected chi connectivity index (χ1v) is 7.80. The van der Waals surface area contributed by atoms with Gasteiger partial charge in [-0.1, -0.05) is 25.5 Å². The summed E-state index contributed by atoms with van der Waals surface area (Å²) in [4.78, 5) is 16.1. The fraction of sp³-hybridized carbons (Fsp3) is 0.412. The molecule has 3 rings (SSSR count). The summed E-state index contributed by atoms with van der Waals surface area (Å²) in [7, 11) is 3.16. The second kappa shape index (κ2) is 6.32. The van der Waals surface area contributed by atoms with Gasteiger partial charge in [-0.05, 0) is 18.9 Å². The molecule has 1 aliphatic rings. The van der Waals surface area contributed by atoms with Crippen molar-refractivity contribution in [1.29, 1.82) is 0 Å². The number of fused-ring (bicyclic) bond motifs is 1. The van der Waals surface area contributed by atoms with Gasteiger partial charge in [0.15, 0.2) is 0 Å². The van der Waals surface area contributed by atoms with Crippen LogP contribution in [0, 0.1) is 0 Å². The Morgan fingerprint density at radius 3 is 2.78 bits per heavy atom. The summed E-state index contributed by atoms with van der Waals surface area (Å²) in [6, 6.07) is 4.46. The number of amides is 1. The Kier molecular flexibility index (Phi) is 4.23. The molecule has 0 bridgehead atoms. The molecule has 1 N–H and O–H groups in total. The number of benzene rings is 1. The molecule has 1 aliphatic carbocycles. The average Bonchev–Trinajstić information content (AvgIpc) is 3.19. The number of methoxy groups -OCH3 is 1. The zero-order valence-corrected chi connectivity index (χ0v) is 13.5. The maximum absolute atomic E-state index is 11.6. The first-order chi connectivity index (χ1) is 11.2. The molecule has 1 heterocycles. The van der Waals surface area contributed by atoms with Gasteiger partial charge in [-0.15, -0.1) is 0 Å². The lowest BCUT2D eigenvalue weighted by Gasteiger charge is -2.16. The fourth-order valence-corrected chi connectivity index (χ4v) is 3.17. The van der Waals surface area contributed by atoms with E-state index in [0.717, 1.165) is 35.2 Å². The lowest BCUT2D eigenvalue weighted by atomic mass is 10.1. The van der Waals surface area contributed by atoms with E-state index in [-0.39, 0.29) is 0 Å². The molecule has 0 aliphatic heterocycles. The molecule has 1 aromatic heterocycles. The molecule has 0 saturated heterocycles. The molecule has 122 valence electrons. The van der Waals surface area contributed by atoms with Crippen LogP contribution in [-0.4, -0.2) is 29.8 Å². The number of nitrogens with one attached hydrogen (secondary N) is 1. The summed E-state index contributed by atoms with van der Waals surface area (Å²) in [6.07, 6.45) is 5.67. The molecule has 0 atom stereocenters. The lowest BCUT2D eigenvalue weighted by Crippen LogP contribution is -2.24. The second-order valence-corrected chi connectivity index (χ2v) is 5.63. The number of nitrogens with zero attached hydrogens (tertiary/aromatic N) is 2. The molecule has 6 heteroatoms. The Bertz CT molecular complexity index is 745. The molecule has 0 unspecified atom stereocenters. The van der Waals surface area contributed by atoms with Gasteiger partial charge >= 0.3 is 12.1 Å². The fourth-order valence-electron chi connectivity index (χ4n) is 3.17. The van der Waals surface area contributed by atoms with E-state index in [2.05, 4.69) is 16.9 Å². The number of carbonyl (C=O) groups is 1. The molecule has 1 fully saturated rings. The SMILES string of the molecule is C=Cc1cc2nc(OC(=O)NC)n(C3CCCC3)c2cc1OC. The Hall–Kier alpha value is -2.50. The van der Waals surface area contributed by atoms with Gasteiger partial charge in [-0.3, -0.25) is 4.57 Å². The van der Waals surface area contributed by atoms with Crippen LogP contribution < -0.4 is 14.8 Å². The van der Waals surface area contributed by atoms with Crippen molar-refractivity contribution in [2.45, 2.75) is 31.7 Å². The topological polar surface area (TPSA) is 65.4 Å². The number of hydrogen-bond donors (Lipinski definition) is 1. The van der Waals surface area contributed by atoms with Crippen molar-refractivity contribution in [3.05, 3.63) is 24.3 Å². The normalized spacial score (nSPS) is 14.9. The second-order valence-electron chi connectivity index (χ2n) is 5.63. The zero-order chi connectivity index (χ0) is 16.4. The van der Waals surface area contributed by atoms with Gasteiger partial charge in [0, 0.05) is 24.7 Å². The smallest absolute Gasteiger partial charge is 0.414 e. The molecule has 1 aromatic carbocycles. The van der Waals surface area contributed by atoms with Crippen LogP contribution in [0.25, 0.3) is 17.1 Å². The number of aromatic nitrogens is 2. The highest BCUT2D eigenvalue weighted by atomic mass is 16.6. The van der Waals surface area contributed by atoms with Gasteiger partial charge < -0.3 is 14.8 Å². The quantitative estimate of drug-likeness (QED) is 0.937. The van der Waals surface area contributed by atoms with Crippen LogP contribution in [0.5, 0.6) is 11.8 Å². The standard InChI is InChI=1S/C17H21N3O3/c1-4-11-9-13-14(10-15(11)22-3)20(12-7-5-6-8-12)16(19-13)23-17(21)18-2/h4,9-10,12H,1,5-8H2,2-3H3,(H,18,21). The maximum atomic E-state index is 11.6. The number of rotatable bonds is 4. The number of carbonyl (C=O) groups excluding carboxylic acids is 1. The van der Waals surface area contributed by atoms with E-state index in [9.17, 15) is 4.79 Å². The van der Waals surface area contributed by atoms with Crippen LogP contribution in [0.2, 0.25) is 0 Å². The molecule has 0 radical (unpaired) electrons. The highest BCUT2D eigenvalue weighted by molar-refractivity contribution is 5.83. The van der Waals surface area contributed by atoms with Crippen molar-refractivity contribution in [2.75, 3.05) is 14.2 Å². The van der Waals surface area contributed by atoms with Gasteiger partial charge in [0.2, 0.25) is 0 Å². The van der Waals surface area contributed by atoms with Crippen LogP contribution in [0.15, 0.2) is 18.7 Å². The van der Waals surface area contributed by atoms with E-state index in [1.165, 1.54) is 19.9 Å². The van der Waals surface area contributed by atoms with E-state index in [1.807, 2.05) is 16.7 Å².